The number of rotatable bonds is 6. The zero-order chi connectivity index (χ0) is 32.4. The Hall–Kier alpha value is -3.70. The van der Waals surface area contributed by atoms with Crippen molar-refractivity contribution in [1.82, 2.24) is 0 Å². The van der Waals surface area contributed by atoms with E-state index >= 15 is 0 Å². The van der Waals surface area contributed by atoms with Crippen LogP contribution in [0.1, 0.15) is 71.4 Å². The van der Waals surface area contributed by atoms with Gasteiger partial charge in [-0.25, -0.2) is 4.79 Å². The fourth-order valence-corrected chi connectivity index (χ4v) is 5.29. The summed E-state index contributed by atoms with van der Waals surface area (Å²) in [4.78, 5) is 24.9. The van der Waals surface area contributed by atoms with Crippen LogP contribution in [-0.4, -0.2) is 60.3 Å². The third-order valence-corrected chi connectivity index (χ3v) is 7.74. The van der Waals surface area contributed by atoms with E-state index in [1.807, 2.05) is 20.8 Å². The molecule has 1 heterocycles. The van der Waals surface area contributed by atoms with Gasteiger partial charge in [-0.2, -0.15) is 0 Å². The lowest BCUT2D eigenvalue weighted by atomic mass is 9.87. The van der Waals surface area contributed by atoms with Gasteiger partial charge in [-0.3, -0.25) is 4.79 Å². The highest BCUT2D eigenvalue weighted by atomic mass is 16.6. The Morgan fingerprint density at radius 3 is 2.40 bits per heavy atom. The fraction of sp³-hybridized carbons (Fsp3) is 0.562. The molecule has 1 aliphatic heterocycles. The number of fused-ring (bicyclic) bond motifs is 2. The van der Waals surface area contributed by atoms with E-state index in [0.717, 1.165) is 6.42 Å². The van der Waals surface area contributed by atoms with Gasteiger partial charge in [-0.1, -0.05) is 32.9 Å². The smallest absolute Gasteiger partial charge is 0.410 e. The highest BCUT2D eigenvalue weighted by Gasteiger charge is 2.29. The average Bonchev–Trinajstić information content (AvgIpc) is 2.96. The van der Waals surface area contributed by atoms with E-state index < -0.39 is 30.1 Å². The first-order chi connectivity index (χ1) is 20.3. The minimum absolute atomic E-state index is 0.0503. The van der Waals surface area contributed by atoms with Crippen LogP contribution >= 0.6 is 0 Å². The number of benzene rings is 1. The van der Waals surface area contributed by atoms with Crippen molar-refractivity contribution in [2.75, 3.05) is 31.4 Å². The SMILES string of the molecule is CCCNc1c(O)c(C)c2c(O)c1C[C@@H](C)C[C@H](OC)[C@H](O)[C@H](C)/C=C(C)/C(OC(N)=O)=C(/OC)CC/C=C(/C)C(=O)N2. The van der Waals surface area contributed by atoms with Gasteiger partial charge >= 0.3 is 6.09 Å². The van der Waals surface area contributed by atoms with Gasteiger partial charge in [-0.05, 0) is 57.9 Å². The van der Waals surface area contributed by atoms with Gasteiger partial charge < -0.3 is 45.9 Å². The number of hydrogen-bond donors (Lipinski definition) is 6. The number of nitrogens with two attached hydrogens (primary N) is 1. The van der Waals surface area contributed by atoms with Gasteiger partial charge in [0.15, 0.2) is 5.76 Å². The number of hydrogen-bond acceptors (Lipinski definition) is 9. The topological polar surface area (TPSA) is 173 Å². The quantitative estimate of drug-likeness (QED) is 0.184. The molecule has 0 radical (unpaired) electrons. The average molecular weight is 604 g/mol. The van der Waals surface area contributed by atoms with Crippen LogP contribution in [0.5, 0.6) is 11.5 Å². The van der Waals surface area contributed by atoms with E-state index in [2.05, 4.69) is 10.6 Å². The number of allylic oxidation sites excluding steroid dienone is 3. The Morgan fingerprint density at radius 1 is 1.14 bits per heavy atom. The molecule has 0 aliphatic carbocycles. The first kappa shape index (κ1) is 35.5. The second kappa shape index (κ2) is 16.2. The zero-order valence-corrected chi connectivity index (χ0v) is 26.7. The Morgan fingerprint density at radius 2 is 1.81 bits per heavy atom. The zero-order valence-electron chi connectivity index (χ0n) is 26.7. The summed E-state index contributed by atoms with van der Waals surface area (Å²) in [5.41, 5.74) is 7.62. The number of anilines is 2. The third kappa shape index (κ3) is 9.14. The van der Waals surface area contributed by atoms with Crippen LogP contribution in [0.15, 0.2) is 34.8 Å². The molecule has 0 spiro atoms. The summed E-state index contributed by atoms with van der Waals surface area (Å²) < 4.78 is 16.6. The molecule has 7 N–H and O–H groups in total. The van der Waals surface area contributed by atoms with Gasteiger partial charge in [0.2, 0.25) is 0 Å². The standard InChI is InChI=1S/C32H49N3O8/c1-9-13-34-26-22-14-17(2)15-24(42-8)27(36)19(4)16-20(5)30(43-32(33)40)23(41-7)12-10-11-18(3)31(39)35-25(29(22)38)21(6)28(26)37/h11,16-17,19,24,27,34,36-38H,9-10,12-15H2,1-8H3,(H2,33,40)(H,35,39)/b18-11-,20-16+,30-23-/t17-,19-,24+,27-/m1/s1. The Bertz CT molecular complexity index is 1250. The summed E-state index contributed by atoms with van der Waals surface area (Å²) in [6.45, 7) is 11.4. The lowest BCUT2D eigenvalue weighted by Crippen LogP contribution is -2.35. The monoisotopic (exact) mass is 603 g/mol. The number of aliphatic hydroxyl groups excluding tert-OH is 1. The van der Waals surface area contributed by atoms with Gasteiger partial charge in [0.05, 0.1) is 30.7 Å². The number of nitrogens with one attached hydrogen (secondary N) is 2. The van der Waals surface area contributed by atoms with E-state index in [1.54, 1.807) is 32.9 Å². The Balaban J connectivity index is 2.71. The summed E-state index contributed by atoms with van der Waals surface area (Å²) in [5.74, 6) is -0.681. The largest absolute Gasteiger partial charge is 0.505 e. The van der Waals surface area contributed by atoms with Crippen molar-refractivity contribution in [1.29, 1.82) is 0 Å². The lowest BCUT2D eigenvalue weighted by molar-refractivity contribution is -0.112. The first-order valence-electron chi connectivity index (χ1n) is 14.7. The van der Waals surface area contributed by atoms with Crippen molar-refractivity contribution in [3.8, 4) is 11.5 Å². The molecule has 0 saturated heterocycles. The maximum absolute atomic E-state index is 13.2. The fourth-order valence-electron chi connectivity index (χ4n) is 5.29. The molecular formula is C32H49N3O8. The van der Waals surface area contributed by atoms with Crippen LogP contribution in [-0.2, 0) is 25.4 Å². The number of primary amides is 1. The summed E-state index contributed by atoms with van der Waals surface area (Å²) in [7, 11) is 2.97. The third-order valence-electron chi connectivity index (χ3n) is 7.74. The van der Waals surface area contributed by atoms with Crippen molar-refractivity contribution in [3.63, 3.8) is 0 Å². The molecule has 1 aromatic rings. The van der Waals surface area contributed by atoms with Crippen molar-refractivity contribution in [3.05, 3.63) is 45.9 Å². The molecule has 2 rings (SSSR count). The maximum atomic E-state index is 13.2. The highest BCUT2D eigenvalue weighted by Crippen LogP contribution is 2.46. The van der Waals surface area contributed by atoms with Crippen molar-refractivity contribution in [2.24, 2.45) is 17.6 Å². The van der Waals surface area contributed by atoms with Crippen LogP contribution in [0.3, 0.4) is 0 Å². The van der Waals surface area contributed by atoms with E-state index in [-0.39, 0.29) is 35.3 Å². The molecule has 43 heavy (non-hydrogen) atoms. The Labute approximate surface area is 254 Å². The van der Waals surface area contributed by atoms with Gasteiger partial charge in [-0.15, -0.1) is 0 Å². The summed E-state index contributed by atoms with van der Waals surface area (Å²) >= 11 is 0. The minimum atomic E-state index is -1.01. The number of phenols is 2. The Kier molecular flexibility index (Phi) is 13.4. The van der Waals surface area contributed by atoms with E-state index in [1.165, 1.54) is 14.2 Å². The maximum Gasteiger partial charge on any atom is 0.410 e. The predicted octanol–water partition coefficient (Wildman–Crippen LogP) is 5.39. The number of carbonyl (C=O) groups is 2. The van der Waals surface area contributed by atoms with Gasteiger partial charge in [0.25, 0.3) is 5.91 Å². The number of methoxy groups -OCH3 is 2. The van der Waals surface area contributed by atoms with Crippen LogP contribution in [0.2, 0.25) is 0 Å². The molecule has 1 aromatic carbocycles. The van der Waals surface area contributed by atoms with E-state index in [9.17, 15) is 24.9 Å². The second-order valence-electron chi connectivity index (χ2n) is 11.3. The van der Waals surface area contributed by atoms with Crippen molar-refractivity contribution in [2.45, 2.75) is 85.9 Å². The molecule has 11 heteroatoms. The molecule has 0 fully saturated rings. The van der Waals surface area contributed by atoms with Crippen LogP contribution in [0, 0.1) is 18.8 Å². The van der Waals surface area contributed by atoms with Crippen molar-refractivity contribution < 1.29 is 39.1 Å². The number of aromatic hydroxyl groups is 2. The van der Waals surface area contributed by atoms with E-state index in [0.29, 0.717) is 59.5 Å². The molecule has 1 aliphatic rings. The van der Waals surface area contributed by atoms with Crippen LogP contribution in [0.25, 0.3) is 0 Å². The molecular weight excluding hydrogens is 554 g/mol. The molecule has 4 atom stereocenters. The normalized spacial score (nSPS) is 26.9. The molecule has 11 nitrogen and oxygen atoms in total. The summed E-state index contributed by atoms with van der Waals surface area (Å²) in [6, 6.07) is 0. The van der Waals surface area contributed by atoms with Crippen molar-refractivity contribution >= 4 is 23.4 Å². The summed E-state index contributed by atoms with van der Waals surface area (Å²) in [5, 5.41) is 39.9. The number of amides is 2. The molecule has 240 valence electrons. The highest BCUT2D eigenvalue weighted by molar-refractivity contribution is 6.05. The minimum Gasteiger partial charge on any atom is -0.505 e. The van der Waals surface area contributed by atoms with E-state index in [4.69, 9.17) is 19.9 Å². The number of aliphatic hydroxyl groups is 1. The van der Waals surface area contributed by atoms with Crippen LogP contribution in [0.4, 0.5) is 16.2 Å². The molecule has 2 amide bonds. The molecule has 2 bridgehead atoms. The lowest BCUT2D eigenvalue weighted by Gasteiger charge is -2.29. The molecule has 0 aromatic heterocycles. The van der Waals surface area contributed by atoms with Gasteiger partial charge in [0, 0.05) is 42.7 Å². The first-order valence-corrected chi connectivity index (χ1v) is 14.7. The number of phenolic OH excluding ortho intramolecular Hbond substituents is 2. The van der Waals surface area contributed by atoms with Crippen LogP contribution < -0.4 is 16.4 Å². The van der Waals surface area contributed by atoms with Gasteiger partial charge in [0.1, 0.15) is 17.3 Å². The predicted molar refractivity (Wildman–Crippen MR) is 167 cm³/mol. The number of carbonyl (C=O) groups excluding carboxylic acids is 2. The second-order valence-corrected chi connectivity index (χ2v) is 11.3. The molecule has 0 unspecified atom stereocenters. The summed E-state index contributed by atoms with van der Waals surface area (Å²) in [6.07, 6.45) is 3.12. The molecule has 0 saturated carbocycles. The number of ether oxygens (including phenoxy) is 3.